The summed E-state index contributed by atoms with van der Waals surface area (Å²) in [5, 5.41) is 12.8. The van der Waals surface area contributed by atoms with Crippen LogP contribution in [-0.4, -0.2) is 48.3 Å². The summed E-state index contributed by atoms with van der Waals surface area (Å²) in [4.78, 5) is 2.56. The molecule has 0 spiro atoms. The summed E-state index contributed by atoms with van der Waals surface area (Å²) in [5.41, 5.74) is 0. The third-order valence-electron chi connectivity index (χ3n) is 3.32. The lowest BCUT2D eigenvalue weighted by molar-refractivity contribution is 0.0525. The molecule has 13 heavy (non-hydrogen) atoms. The number of aliphatic hydroxyl groups is 1. The van der Waals surface area contributed by atoms with E-state index in [1.165, 1.54) is 25.9 Å². The fraction of sp³-hybridized carbons (Fsp3) is 1.00. The van der Waals surface area contributed by atoms with E-state index in [0.29, 0.717) is 0 Å². The molecule has 0 atom stereocenters. The highest BCUT2D eigenvalue weighted by molar-refractivity contribution is 4.81. The van der Waals surface area contributed by atoms with Crippen molar-refractivity contribution in [1.29, 1.82) is 0 Å². The van der Waals surface area contributed by atoms with Crippen LogP contribution in [0.15, 0.2) is 0 Å². The smallest absolute Gasteiger partial charge is 0.0564 e. The topological polar surface area (TPSA) is 35.5 Å². The summed E-state index contributed by atoms with van der Waals surface area (Å²) in [6, 6.07) is 0.786. The highest BCUT2D eigenvalue weighted by Crippen LogP contribution is 2.18. The Morgan fingerprint density at radius 2 is 1.62 bits per heavy atom. The first kappa shape index (κ1) is 9.44. The van der Waals surface area contributed by atoms with Crippen molar-refractivity contribution in [2.45, 2.75) is 37.8 Å². The van der Waals surface area contributed by atoms with E-state index >= 15 is 0 Å². The normalized spacial score (nSPS) is 29.3. The van der Waals surface area contributed by atoms with Gasteiger partial charge in [-0.3, -0.25) is 0 Å². The van der Waals surface area contributed by atoms with Crippen LogP contribution in [0.25, 0.3) is 0 Å². The van der Waals surface area contributed by atoms with Crippen LogP contribution in [0.5, 0.6) is 0 Å². The van der Waals surface area contributed by atoms with Gasteiger partial charge in [0.25, 0.3) is 0 Å². The van der Waals surface area contributed by atoms with E-state index < -0.39 is 0 Å². The zero-order valence-electron chi connectivity index (χ0n) is 8.21. The molecular weight excluding hydrogens is 164 g/mol. The number of rotatable bonds is 1. The number of likely N-dealkylation sites (tertiary alicyclic amines) is 1. The van der Waals surface area contributed by atoms with Crippen LogP contribution in [0.3, 0.4) is 0 Å². The summed E-state index contributed by atoms with van der Waals surface area (Å²) >= 11 is 0. The molecule has 0 unspecified atom stereocenters. The van der Waals surface area contributed by atoms with Crippen LogP contribution in [0.2, 0.25) is 0 Å². The molecule has 2 aliphatic rings. The molecule has 76 valence electrons. The molecule has 2 N–H and O–H groups in total. The Kier molecular flexibility index (Phi) is 3.19. The highest BCUT2D eigenvalue weighted by atomic mass is 16.3. The lowest BCUT2D eigenvalue weighted by atomic mass is 10.00. The van der Waals surface area contributed by atoms with E-state index in [9.17, 15) is 5.11 Å². The third-order valence-corrected chi connectivity index (χ3v) is 3.32. The van der Waals surface area contributed by atoms with Crippen molar-refractivity contribution in [2.75, 3.05) is 26.2 Å². The van der Waals surface area contributed by atoms with Gasteiger partial charge in [0.1, 0.15) is 0 Å². The van der Waals surface area contributed by atoms with Crippen molar-refractivity contribution >= 4 is 0 Å². The van der Waals surface area contributed by atoms with Crippen molar-refractivity contribution in [2.24, 2.45) is 0 Å². The van der Waals surface area contributed by atoms with Gasteiger partial charge in [-0.1, -0.05) is 0 Å². The largest absolute Gasteiger partial charge is 0.393 e. The third kappa shape index (κ3) is 2.42. The molecule has 2 rings (SSSR count). The molecule has 0 aromatic rings. The second-order valence-electron chi connectivity index (χ2n) is 4.25. The Labute approximate surface area is 80.1 Å². The zero-order valence-corrected chi connectivity index (χ0v) is 8.21. The van der Waals surface area contributed by atoms with Crippen molar-refractivity contribution in [1.82, 2.24) is 10.2 Å². The van der Waals surface area contributed by atoms with Crippen molar-refractivity contribution < 1.29 is 5.11 Å². The standard InChI is InChI=1S/C10H20N2O/c13-10-3-7-12(8-4-10)9-1-5-11-6-2-9/h9-11,13H,1-8H2. The maximum absolute atomic E-state index is 9.39. The average Bonchev–Trinajstić information content (AvgIpc) is 2.20. The van der Waals surface area contributed by atoms with E-state index in [-0.39, 0.29) is 6.10 Å². The molecule has 2 aliphatic heterocycles. The van der Waals surface area contributed by atoms with Gasteiger partial charge in [-0.2, -0.15) is 0 Å². The van der Waals surface area contributed by atoms with E-state index in [1.54, 1.807) is 0 Å². The molecule has 0 aliphatic carbocycles. The van der Waals surface area contributed by atoms with Gasteiger partial charge in [0, 0.05) is 19.1 Å². The Morgan fingerprint density at radius 1 is 1.00 bits per heavy atom. The molecule has 0 aromatic heterocycles. The zero-order chi connectivity index (χ0) is 9.10. The summed E-state index contributed by atoms with van der Waals surface area (Å²) in [7, 11) is 0. The monoisotopic (exact) mass is 184 g/mol. The number of aliphatic hydroxyl groups excluding tert-OH is 1. The van der Waals surface area contributed by atoms with Crippen LogP contribution in [-0.2, 0) is 0 Å². The fourth-order valence-corrected chi connectivity index (χ4v) is 2.42. The average molecular weight is 184 g/mol. The fourth-order valence-electron chi connectivity index (χ4n) is 2.42. The molecule has 0 amide bonds. The van der Waals surface area contributed by atoms with Gasteiger partial charge in [0.05, 0.1) is 6.10 Å². The molecule has 3 nitrogen and oxygen atoms in total. The summed E-state index contributed by atoms with van der Waals surface area (Å²) < 4.78 is 0. The van der Waals surface area contributed by atoms with Gasteiger partial charge < -0.3 is 15.3 Å². The molecule has 0 bridgehead atoms. The van der Waals surface area contributed by atoms with Crippen molar-refractivity contribution in [3.8, 4) is 0 Å². The molecule has 3 heteroatoms. The second kappa shape index (κ2) is 4.40. The van der Waals surface area contributed by atoms with Gasteiger partial charge in [0.15, 0.2) is 0 Å². The molecule has 0 aromatic carbocycles. The van der Waals surface area contributed by atoms with Gasteiger partial charge in [-0.05, 0) is 38.8 Å². The van der Waals surface area contributed by atoms with Gasteiger partial charge in [-0.25, -0.2) is 0 Å². The van der Waals surface area contributed by atoms with E-state index in [0.717, 1.165) is 32.0 Å². The summed E-state index contributed by atoms with van der Waals surface area (Å²) in [6.45, 7) is 4.55. The molecule has 0 saturated carbocycles. The minimum absolute atomic E-state index is 0.0297. The van der Waals surface area contributed by atoms with Crippen LogP contribution >= 0.6 is 0 Å². The van der Waals surface area contributed by atoms with E-state index in [1.807, 2.05) is 0 Å². The summed E-state index contributed by atoms with van der Waals surface area (Å²) in [6.07, 6.45) is 4.50. The van der Waals surface area contributed by atoms with Crippen LogP contribution in [0.1, 0.15) is 25.7 Å². The quantitative estimate of drug-likeness (QED) is 0.611. The minimum Gasteiger partial charge on any atom is -0.393 e. The predicted molar refractivity (Wildman–Crippen MR) is 52.7 cm³/mol. The predicted octanol–water partition coefficient (Wildman–Crippen LogP) is 0.195. The molecule has 2 saturated heterocycles. The first-order chi connectivity index (χ1) is 6.36. The first-order valence-electron chi connectivity index (χ1n) is 5.49. The van der Waals surface area contributed by atoms with Crippen molar-refractivity contribution in [3.63, 3.8) is 0 Å². The van der Waals surface area contributed by atoms with Crippen LogP contribution in [0, 0.1) is 0 Å². The highest BCUT2D eigenvalue weighted by Gasteiger charge is 2.24. The van der Waals surface area contributed by atoms with E-state index in [2.05, 4.69) is 10.2 Å². The minimum atomic E-state index is -0.0297. The van der Waals surface area contributed by atoms with Crippen molar-refractivity contribution in [3.05, 3.63) is 0 Å². The Bertz CT molecular complexity index is 149. The number of nitrogens with zero attached hydrogens (tertiary/aromatic N) is 1. The maximum Gasteiger partial charge on any atom is 0.0564 e. The van der Waals surface area contributed by atoms with E-state index in [4.69, 9.17) is 0 Å². The van der Waals surface area contributed by atoms with Gasteiger partial charge in [-0.15, -0.1) is 0 Å². The van der Waals surface area contributed by atoms with Crippen LogP contribution < -0.4 is 5.32 Å². The molecule has 2 fully saturated rings. The molecule has 2 heterocycles. The Hall–Kier alpha value is -0.120. The Morgan fingerprint density at radius 3 is 2.23 bits per heavy atom. The van der Waals surface area contributed by atoms with Gasteiger partial charge in [0.2, 0.25) is 0 Å². The number of nitrogens with one attached hydrogen (secondary N) is 1. The lowest BCUT2D eigenvalue weighted by Gasteiger charge is -2.38. The first-order valence-corrected chi connectivity index (χ1v) is 5.49. The maximum atomic E-state index is 9.39. The summed E-state index contributed by atoms with van der Waals surface area (Å²) in [5.74, 6) is 0. The second-order valence-corrected chi connectivity index (χ2v) is 4.25. The number of hydrogen-bond donors (Lipinski definition) is 2. The Balaban J connectivity index is 1.79. The lowest BCUT2D eigenvalue weighted by Crippen LogP contribution is -2.47. The molecule has 0 radical (unpaired) electrons. The number of piperidine rings is 2. The molecular formula is C10H20N2O. The van der Waals surface area contributed by atoms with Crippen LogP contribution in [0.4, 0.5) is 0 Å². The van der Waals surface area contributed by atoms with Gasteiger partial charge >= 0.3 is 0 Å². The SMILES string of the molecule is OC1CCN(C2CCNCC2)CC1. The number of hydrogen-bond acceptors (Lipinski definition) is 3.